The minimum absolute atomic E-state index is 0.533. The van der Waals surface area contributed by atoms with Crippen molar-refractivity contribution in [3.63, 3.8) is 0 Å². The summed E-state index contributed by atoms with van der Waals surface area (Å²) in [5.41, 5.74) is 8.81. The van der Waals surface area contributed by atoms with Crippen LogP contribution in [0.5, 0.6) is 0 Å². The molecule has 0 atom stereocenters. The zero-order chi connectivity index (χ0) is 11.7. The second kappa shape index (κ2) is 3.87. The smallest absolute Gasteiger partial charge is 0.131 e. The molecule has 3 aromatic rings. The number of fused-ring (bicyclic) bond motifs is 1. The van der Waals surface area contributed by atoms with Crippen LogP contribution in [0.3, 0.4) is 0 Å². The van der Waals surface area contributed by atoms with Crippen LogP contribution in [0.2, 0.25) is 0 Å². The minimum atomic E-state index is 0.533. The van der Waals surface area contributed by atoms with Gasteiger partial charge in [0.2, 0.25) is 0 Å². The minimum Gasteiger partial charge on any atom is -0.383 e. The van der Waals surface area contributed by atoms with Gasteiger partial charge in [-0.25, -0.2) is 4.98 Å². The lowest BCUT2D eigenvalue weighted by molar-refractivity contribution is 1.33. The molecule has 2 N–H and O–H groups in total. The highest BCUT2D eigenvalue weighted by molar-refractivity contribution is 5.95. The zero-order valence-electron chi connectivity index (χ0n) is 9.17. The van der Waals surface area contributed by atoms with Gasteiger partial charge < -0.3 is 5.73 Å². The molecule has 1 aromatic carbocycles. The normalized spacial score (nSPS) is 10.6. The Hall–Kier alpha value is -2.42. The second-order valence-electron chi connectivity index (χ2n) is 3.82. The molecule has 2 aromatic heterocycles. The highest BCUT2D eigenvalue weighted by atomic mass is 14.8. The summed E-state index contributed by atoms with van der Waals surface area (Å²) in [5, 5.41) is 1.10. The third-order valence-corrected chi connectivity index (χ3v) is 2.76. The fourth-order valence-corrected chi connectivity index (χ4v) is 1.97. The Morgan fingerprint density at radius 2 is 1.47 bits per heavy atom. The Balaban J connectivity index is 2.35. The van der Waals surface area contributed by atoms with E-state index in [1.807, 2.05) is 42.5 Å². The van der Waals surface area contributed by atoms with Crippen LogP contribution >= 0.6 is 0 Å². The van der Waals surface area contributed by atoms with Crippen LogP contribution in [0, 0.1) is 0 Å². The van der Waals surface area contributed by atoms with E-state index in [1.54, 1.807) is 12.4 Å². The van der Waals surface area contributed by atoms with E-state index >= 15 is 0 Å². The number of rotatable bonds is 1. The molecule has 3 rings (SSSR count). The molecule has 0 spiro atoms. The maximum Gasteiger partial charge on any atom is 0.131 e. The SMILES string of the molecule is Nc1ncccc1-c1cccc2cccnc12. The van der Waals surface area contributed by atoms with E-state index in [-0.39, 0.29) is 0 Å². The van der Waals surface area contributed by atoms with Crippen LogP contribution in [-0.2, 0) is 0 Å². The number of nitrogens with zero attached hydrogens (tertiary/aromatic N) is 2. The first kappa shape index (κ1) is 9.78. The summed E-state index contributed by atoms with van der Waals surface area (Å²) in [5.74, 6) is 0.533. The third kappa shape index (κ3) is 1.61. The molecule has 0 saturated heterocycles. The molecule has 0 aliphatic rings. The van der Waals surface area contributed by atoms with E-state index in [0.29, 0.717) is 5.82 Å². The van der Waals surface area contributed by atoms with Crippen LogP contribution in [0.15, 0.2) is 54.9 Å². The summed E-state index contributed by atoms with van der Waals surface area (Å²) in [4.78, 5) is 8.53. The fourth-order valence-electron chi connectivity index (χ4n) is 1.97. The van der Waals surface area contributed by atoms with Gasteiger partial charge in [0.1, 0.15) is 5.82 Å². The number of nitrogens with two attached hydrogens (primary N) is 1. The number of aromatic nitrogens is 2. The standard InChI is InChI=1S/C14H11N3/c15-14-12(7-3-9-17-14)11-6-1-4-10-5-2-8-16-13(10)11/h1-9H,(H2,15,17). The van der Waals surface area contributed by atoms with Gasteiger partial charge in [-0.15, -0.1) is 0 Å². The summed E-state index contributed by atoms with van der Waals surface area (Å²) in [6.07, 6.45) is 3.48. The molecule has 0 saturated carbocycles. The van der Waals surface area contributed by atoms with Crippen molar-refractivity contribution in [1.82, 2.24) is 9.97 Å². The fraction of sp³-hybridized carbons (Fsp3) is 0. The number of hydrogen-bond donors (Lipinski definition) is 1. The average Bonchev–Trinajstić information content (AvgIpc) is 2.39. The number of hydrogen-bond acceptors (Lipinski definition) is 3. The van der Waals surface area contributed by atoms with Gasteiger partial charge >= 0.3 is 0 Å². The van der Waals surface area contributed by atoms with Crippen molar-refractivity contribution >= 4 is 16.7 Å². The topological polar surface area (TPSA) is 51.8 Å². The molecule has 0 bridgehead atoms. The van der Waals surface area contributed by atoms with Crippen LogP contribution in [0.25, 0.3) is 22.0 Å². The van der Waals surface area contributed by atoms with Crippen molar-refractivity contribution < 1.29 is 0 Å². The molecule has 82 valence electrons. The van der Waals surface area contributed by atoms with Gasteiger partial charge in [-0.05, 0) is 18.2 Å². The van der Waals surface area contributed by atoms with E-state index in [9.17, 15) is 0 Å². The first-order valence-electron chi connectivity index (χ1n) is 5.41. The Labute approximate surface area is 98.9 Å². The quantitative estimate of drug-likeness (QED) is 0.687. The molecular weight excluding hydrogens is 210 g/mol. The van der Waals surface area contributed by atoms with Crippen molar-refractivity contribution in [2.75, 3.05) is 5.73 Å². The van der Waals surface area contributed by atoms with E-state index < -0.39 is 0 Å². The molecule has 0 amide bonds. The van der Waals surface area contributed by atoms with Crippen LogP contribution in [-0.4, -0.2) is 9.97 Å². The van der Waals surface area contributed by atoms with Crippen molar-refractivity contribution in [3.8, 4) is 11.1 Å². The summed E-state index contributed by atoms with van der Waals surface area (Å²) in [6.45, 7) is 0. The predicted octanol–water partition coefficient (Wildman–Crippen LogP) is 2.88. The lowest BCUT2D eigenvalue weighted by Gasteiger charge is -2.07. The number of pyridine rings is 2. The highest BCUT2D eigenvalue weighted by Crippen LogP contribution is 2.29. The van der Waals surface area contributed by atoms with Crippen molar-refractivity contribution in [3.05, 3.63) is 54.9 Å². The lowest BCUT2D eigenvalue weighted by Crippen LogP contribution is -1.94. The molecule has 0 fully saturated rings. The second-order valence-corrected chi connectivity index (χ2v) is 3.82. The number of anilines is 1. The Bertz CT molecular complexity index is 672. The Kier molecular flexibility index (Phi) is 2.22. The van der Waals surface area contributed by atoms with E-state index in [2.05, 4.69) is 9.97 Å². The number of benzene rings is 1. The third-order valence-electron chi connectivity index (χ3n) is 2.76. The Morgan fingerprint density at radius 1 is 0.765 bits per heavy atom. The highest BCUT2D eigenvalue weighted by Gasteiger charge is 2.07. The molecule has 0 radical (unpaired) electrons. The lowest BCUT2D eigenvalue weighted by atomic mass is 10.0. The van der Waals surface area contributed by atoms with Crippen molar-refractivity contribution in [2.45, 2.75) is 0 Å². The maximum atomic E-state index is 5.90. The van der Waals surface area contributed by atoms with Crippen LogP contribution in [0.4, 0.5) is 5.82 Å². The van der Waals surface area contributed by atoms with Gasteiger partial charge in [-0.1, -0.05) is 24.3 Å². The average molecular weight is 221 g/mol. The molecular formula is C14H11N3. The van der Waals surface area contributed by atoms with Gasteiger partial charge in [0.05, 0.1) is 5.52 Å². The van der Waals surface area contributed by atoms with E-state index in [1.165, 1.54) is 0 Å². The molecule has 17 heavy (non-hydrogen) atoms. The summed E-state index contributed by atoms with van der Waals surface area (Å²) in [6, 6.07) is 13.9. The first-order chi connectivity index (χ1) is 8.36. The zero-order valence-corrected chi connectivity index (χ0v) is 9.17. The molecule has 3 nitrogen and oxygen atoms in total. The summed E-state index contributed by atoms with van der Waals surface area (Å²) >= 11 is 0. The van der Waals surface area contributed by atoms with Gasteiger partial charge in [0, 0.05) is 28.9 Å². The van der Waals surface area contributed by atoms with Crippen molar-refractivity contribution in [2.24, 2.45) is 0 Å². The Morgan fingerprint density at radius 3 is 2.35 bits per heavy atom. The van der Waals surface area contributed by atoms with Gasteiger partial charge in [0.15, 0.2) is 0 Å². The number of nitrogen functional groups attached to an aromatic ring is 1. The van der Waals surface area contributed by atoms with Gasteiger partial charge in [-0.2, -0.15) is 0 Å². The van der Waals surface area contributed by atoms with Gasteiger partial charge in [-0.3, -0.25) is 4.98 Å². The first-order valence-corrected chi connectivity index (χ1v) is 5.41. The maximum absolute atomic E-state index is 5.90. The van der Waals surface area contributed by atoms with Crippen LogP contribution in [0.1, 0.15) is 0 Å². The molecule has 0 aliphatic heterocycles. The largest absolute Gasteiger partial charge is 0.383 e. The molecule has 0 unspecified atom stereocenters. The van der Waals surface area contributed by atoms with Crippen LogP contribution < -0.4 is 5.73 Å². The van der Waals surface area contributed by atoms with Crippen molar-refractivity contribution in [1.29, 1.82) is 0 Å². The number of para-hydroxylation sites is 1. The monoisotopic (exact) mass is 221 g/mol. The molecule has 0 aliphatic carbocycles. The van der Waals surface area contributed by atoms with E-state index in [4.69, 9.17) is 5.73 Å². The van der Waals surface area contributed by atoms with E-state index in [0.717, 1.165) is 22.0 Å². The molecule has 3 heteroatoms. The predicted molar refractivity (Wildman–Crippen MR) is 69.4 cm³/mol. The van der Waals surface area contributed by atoms with Gasteiger partial charge in [0.25, 0.3) is 0 Å². The summed E-state index contributed by atoms with van der Waals surface area (Å²) in [7, 11) is 0. The summed E-state index contributed by atoms with van der Waals surface area (Å²) < 4.78 is 0. The molecule has 2 heterocycles.